The van der Waals surface area contributed by atoms with E-state index in [1.807, 2.05) is 6.92 Å². The summed E-state index contributed by atoms with van der Waals surface area (Å²) in [5.41, 5.74) is 0.927. The van der Waals surface area contributed by atoms with Crippen LogP contribution >= 0.6 is 0 Å². The maximum absolute atomic E-state index is 11.0. The predicted molar refractivity (Wildman–Crippen MR) is 73.7 cm³/mol. The van der Waals surface area contributed by atoms with Gasteiger partial charge < -0.3 is 10.3 Å². The van der Waals surface area contributed by atoms with Crippen LogP contribution in [0.4, 0.5) is 11.4 Å². The fourth-order valence-electron chi connectivity index (χ4n) is 2.14. The van der Waals surface area contributed by atoms with Crippen molar-refractivity contribution in [3.05, 3.63) is 40.5 Å². The molecular formula is C12H12N6O3. The Morgan fingerprint density at radius 1 is 1.43 bits per heavy atom. The molecule has 0 aliphatic rings. The minimum absolute atomic E-state index is 0.0682. The molecule has 0 saturated carbocycles. The lowest BCUT2D eigenvalue weighted by atomic mass is 10.1. The molecule has 1 unspecified atom stereocenters. The van der Waals surface area contributed by atoms with E-state index in [2.05, 4.69) is 30.2 Å². The van der Waals surface area contributed by atoms with Gasteiger partial charge in [-0.05, 0) is 22.8 Å². The third-order valence-corrected chi connectivity index (χ3v) is 3.18. The normalized spacial score (nSPS) is 12.4. The average Bonchev–Trinajstić information content (AvgIpc) is 3.15. The summed E-state index contributed by atoms with van der Waals surface area (Å²) in [5, 5.41) is 21.5. The molecule has 2 aromatic heterocycles. The summed E-state index contributed by atoms with van der Waals surface area (Å²) in [4.78, 5) is 17.7. The van der Waals surface area contributed by atoms with Crippen LogP contribution in [-0.4, -0.2) is 25.2 Å². The van der Waals surface area contributed by atoms with Gasteiger partial charge in [-0.15, -0.1) is 0 Å². The molecule has 108 valence electrons. The fourth-order valence-corrected chi connectivity index (χ4v) is 2.14. The molecule has 0 fully saturated rings. The minimum Gasteiger partial charge on any atom is -0.373 e. The van der Waals surface area contributed by atoms with Crippen LogP contribution < -0.4 is 5.32 Å². The molecule has 0 bridgehead atoms. The molecule has 9 heteroatoms. The lowest BCUT2D eigenvalue weighted by Gasteiger charge is -2.15. The van der Waals surface area contributed by atoms with Gasteiger partial charge in [-0.2, -0.15) is 0 Å². The van der Waals surface area contributed by atoms with Crippen LogP contribution in [0, 0.1) is 10.1 Å². The molecule has 9 nitrogen and oxygen atoms in total. The summed E-state index contributed by atoms with van der Waals surface area (Å²) < 4.78 is 4.63. The molecule has 1 aromatic carbocycles. The third-order valence-electron chi connectivity index (χ3n) is 3.18. The largest absolute Gasteiger partial charge is 0.373 e. The molecule has 2 heterocycles. The van der Waals surface area contributed by atoms with Crippen LogP contribution in [0.3, 0.4) is 0 Å². The Morgan fingerprint density at radius 2 is 2.24 bits per heavy atom. The number of H-pyrrole nitrogens is 1. The number of nitrogens with one attached hydrogen (secondary N) is 2. The number of fused-ring (bicyclic) bond motifs is 1. The van der Waals surface area contributed by atoms with Crippen molar-refractivity contribution in [3.8, 4) is 0 Å². The van der Waals surface area contributed by atoms with Crippen molar-refractivity contribution in [3.63, 3.8) is 0 Å². The van der Waals surface area contributed by atoms with Gasteiger partial charge in [-0.25, -0.2) is 9.61 Å². The first-order valence-corrected chi connectivity index (χ1v) is 6.36. The Bertz CT molecular complexity index is 766. The molecule has 0 spiro atoms. The molecule has 21 heavy (non-hydrogen) atoms. The van der Waals surface area contributed by atoms with E-state index in [1.165, 1.54) is 6.07 Å². The molecule has 0 radical (unpaired) electrons. The predicted octanol–water partition coefficient (Wildman–Crippen LogP) is 2.42. The maximum atomic E-state index is 11.0. The van der Waals surface area contributed by atoms with Crippen LogP contribution in [0.15, 0.2) is 29.2 Å². The Labute approximate surface area is 118 Å². The lowest BCUT2D eigenvalue weighted by Crippen LogP contribution is -2.11. The van der Waals surface area contributed by atoms with Crippen LogP contribution in [0.2, 0.25) is 0 Å². The van der Waals surface area contributed by atoms with Gasteiger partial charge in [-0.3, -0.25) is 10.1 Å². The van der Waals surface area contributed by atoms with Crippen molar-refractivity contribution < 1.29 is 9.55 Å². The van der Waals surface area contributed by atoms with Gasteiger partial charge in [0.15, 0.2) is 5.52 Å². The molecule has 1 atom stereocenters. The van der Waals surface area contributed by atoms with Crippen molar-refractivity contribution in [1.82, 2.24) is 20.3 Å². The van der Waals surface area contributed by atoms with E-state index in [0.29, 0.717) is 11.2 Å². The number of rotatable bonds is 5. The number of anilines is 1. The average molecular weight is 288 g/mol. The van der Waals surface area contributed by atoms with Gasteiger partial charge in [0.2, 0.25) is 5.52 Å². The lowest BCUT2D eigenvalue weighted by molar-refractivity contribution is -0.383. The number of nitrogens with zero attached hydrogens (tertiary/aromatic N) is 4. The number of imidazole rings is 1. The van der Waals surface area contributed by atoms with Gasteiger partial charge in [0.05, 0.1) is 16.7 Å². The first kappa shape index (κ1) is 13.0. The molecule has 0 aliphatic heterocycles. The zero-order valence-electron chi connectivity index (χ0n) is 11.1. The number of hydrogen-bond acceptors (Lipinski definition) is 7. The van der Waals surface area contributed by atoms with Crippen LogP contribution in [-0.2, 0) is 0 Å². The van der Waals surface area contributed by atoms with Crippen molar-refractivity contribution in [2.24, 2.45) is 0 Å². The highest BCUT2D eigenvalue weighted by Crippen LogP contribution is 2.31. The van der Waals surface area contributed by atoms with Crippen molar-refractivity contribution in [2.75, 3.05) is 5.32 Å². The Hall–Kier alpha value is -2.97. The number of non-ortho nitro benzene ring substituents is 1. The number of nitro benzene ring substituents is 1. The zero-order valence-corrected chi connectivity index (χ0v) is 11.1. The van der Waals surface area contributed by atoms with Gasteiger partial charge in [0, 0.05) is 18.5 Å². The van der Waals surface area contributed by atoms with Crippen LogP contribution in [0.5, 0.6) is 0 Å². The molecule has 0 amide bonds. The number of nitro groups is 1. The highest BCUT2D eigenvalue weighted by atomic mass is 16.6. The summed E-state index contributed by atoms with van der Waals surface area (Å²) in [6.45, 7) is 2.00. The van der Waals surface area contributed by atoms with Crippen molar-refractivity contribution in [2.45, 2.75) is 19.4 Å². The van der Waals surface area contributed by atoms with Gasteiger partial charge in [0.25, 0.3) is 0 Å². The second-order valence-corrected chi connectivity index (χ2v) is 4.43. The summed E-state index contributed by atoms with van der Waals surface area (Å²) >= 11 is 0. The Balaban J connectivity index is 2.00. The molecule has 0 saturated heterocycles. The number of aromatic amines is 1. The summed E-state index contributed by atoms with van der Waals surface area (Å²) in [6, 6.07) is 2.90. The highest BCUT2D eigenvalue weighted by molar-refractivity contribution is 5.93. The summed E-state index contributed by atoms with van der Waals surface area (Å²) in [6.07, 6.45) is 4.18. The highest BCUT2D eigenvalue weighted by Gasteiger charge is 2.21. The van der Waals surface area contributed by atoms with Gasteiger partial charge in [0.1, 0.15) is 5.82 Å². The van der Waals surface area contributed by atoms with E-state index >= 15 is 0 Å². The second kappa shape index (κ2) is 5.19. The van der Waals surface area contributed by atoms with E-state index in [-0.39, 0.29) is 17.2 Å². The minimum atomic E-state index is -0.514. The monoisotopic (exact) mass is 288 g/mol. The van der Waals surface area contributed by atoms with Gasteiger partial charge >= 0.3 is 5.69 Å². The fraction of sp³-hybridized carbons (Fsp3) is 0.250. The van der Waals surface area contributed by atoms with E-state index in [9.17, 15) is 10.1 Å². The zero-order chi connectivity index (χ0) is 14.8. The first-order chi connectivity index (χ1) is 10.2. The Morgan fingerprint density at radius 3 is 2.90 bits per heavy atom. The molecule has 3 rings (SSSR count). The standard InChI is InChI=1S/C12H12N6O3/c1-2-7(12-13-5-6-14-12)15-8-3-4-9(18(19)20)11-10(8)16-21-17-11/h3-7,15H,2H2,1H3,(H,13,14). The van der Waals surface area contributed by atoms with E-state index in [1.54, 1.807) is 18.5 Å². The SMILES string of the molecule is CCC(Nc1ccc([N+](=O)[O-])c2nonc12)c1ncc[nH]1. The van der Waals surface area contributed by atoms with E-state index < -0.39 is 4.92 Å². The van der Waals surface area contributed by atoms with Crippen LogP contribution in [0.25, 0.3) is 11.0 Å². The van der Waals surface area contributed by atoms with E-state index in [0.717, 1.165) is 12.2 Å². The smallest absolute Gasteiger partial charge is 0.300 e. The summed E-state index contributed by atoms with van der Waals surface area (Å²) in [5.74, 6) is 0.778. The molecule has 0 aliphatic carbocycles. The topological polar surface area (TPSA) is 123 Å². The molecule has 2 N–H and O–H groups in total. The molecule has 3 aromatic rings. The molecular weight excluding hydrogens is 276 g/mol. The Kier molecular flexibility index (Phi) is 3.22. The maximum Gasteiger partial charge on any atom is 0.300 e. The quantitative estimate of drug-likeness (QED) is 0.545. The summed E-state index contributed by atoms with van der Waals surface area (Å²) in [7, 11) is 0. The van der Waals surface area contributed by atoms with E-state index in [4.69, 9.17) is 0 Å². The first-order valence-electron chi connectivity index (χ1n) is 6.36. The van der Waals surface area contributed by atoms with Crippen molar-refractivity contribution >= 4 is 22.4 Å². The van der Waals surface area contributed by atoms with Crippen molar-refractivity contribution in [1.29, 1.82) is 0 Å². The number of hydrogen-bond donors (Lipinski definition) is 2. The third kappa shape index (κ3) is 2.29. The number of benzene rings is 1. The number of aromatic nitrogens is 4. The second-order valence-electron chi connectivity index (χ2n) is 4.43. The van der Waals surface area contributed by atoms with Gasteiger partial charge in [-0.1, -0.05) is 6.92 Å². The van der Waals surface area contributed by atoms with Crippen LogP contribution in [0.1, 0.15) is 25.2 Å².